The van der Waals surface area contributed by atoms with Gasteiger partial charge in [-0.05, 0) is 144 Å². The lowest BCUT2D eigenvalue weighted by Crippen LogP contribution is -2.64. The Labute approximate surface area is 472 Å². The Bertz CT molecular complexity index is 3620. The van der Waals surface area contributed by atoms with Crippen LogP contribution >= 0.6 is 0 Å². The minimum atomic E-state index is -1.38. The molecule has 416 valence electrons. The number of benzene rings is 5. The number of hydrogen-bond acceptors (Lipinski definition) is 11. The van der Waals surface area contributed by atoms with Gasteiger partial charge in [0.2, 0.25) is 0 Å². The predicted molar refractivity (Wildman–Crippen MR) is 309 cm³/mol. The van der Waals surface area contributed by atoms with E-state index >= 15 is 9.59 Å². The Morgan fingerprint density at radius 3 is 2.48 bits per heavy atom. The van der Waals surface area contributed by atoms with Crippen LogP contribution in [0.5, 0.6) is 5.75 Å². The van der Waals surface area contributed by atoms with Gasteiger partial charge in [0.15, 0.2) is 17.8 Å². The number of aliphatic hydroxyl groups excluding tert-OH is 3. The lowest BCUT2D eigenvalue weighted by Gasteiger charge is -2.56. The lowest BCUT2D eigenvalue weighted by atomic mass is 9.56. The van der Waals surface area contributed by atoms with E-state index in [1.54, 1.807) is 13.0 Å². The van der Waals surface area contributed by atoms with E-state index in [-0.39, 0.29) is 91.3 Å². The highest BCUT2D eigenvalue weighted by Crippen LogP contribution is 2.69. The molecule has 6 aromatic rings. The van der Waals surface area contributed by atoms with Gasteiger partial charge in [0.25, 0.3) is 0 Å². The van der Waals surface area contributed by atoms with Crippen molar-refractivity contribution in [2.75, 3.05) is 26.9 Å². The van der Waals surface area contributed by atoms with Crippen molar-refractivity contribution in [3.05, 3.63) is 222 Å². The maximum atomic E-state index is 15.8. The second kappa shape index (κ2) is 21.6. The maximum absolute atomic E-state index is 15.8. The van der Waals surface area contributed by atoms with E-state index in [4.69, 9.17) is 23.4 Å². The molecule has 0 saturated heterocycles. The van der Waals surface area contributed by atoms with Crippen LogP contribution in [-0.4, -0.2) is 65.9 Å². The SMILES string of the molecule is COC[C@@H](CCO)c1c(CO)c2ccc3c(c2oc1=O)[C@H]1OC(=O)C[C@H]2C[C@@H](c4cccc(Cc5ccccc5)c4)C=C[C@H]2c2ccc4c(c2)CC[C@]25C=CC[C@@](O3)([C@H]1OC(=O)/C(=C(/C)CO)CC4)[C@H]2C[C@@H]1c2ccccc2C=C[C@@H]15. The zero-order valence-electron chi connectivity index (χ0n) is 46.1. The second-order valence-corrected chi connectivity index (χ2v) is 23.9. The first kappa shape index (κ1) is 53.2. The van der Waals surface area contributed by atoms with Crippen LogP contribution in [0.2, 0.25) is 0 Å². The maximum Gasteiger partial charge on any atom is 0.340 e. The quantitative estimate of drug-likeness (QED) is 0.0518. The molecule has 1 fully saturated rings. The van der Waals surface area contributed by atoms with E-state index in [2.05, 4.69) is 127 Å². The van der Waals surface area contributed by atoms with Gasteiger partial charge < -0.3 is 38.7 Å². The third kappa shape index (κ3) is 9.16. The summed E-state index contributed by atoms with van der Waals surface area (Å²) >= 11 is 0. The first-order chi connectivity index (χ1) is 39.5. The second-order valence-electron chi connectivity index (χ2n) is 23.9. The molecule has 4 aliphatic carbocycles. The van der Waals surface area contributed by atoms with Gasteiger partial charge in [0, 0.05) is 72.2 Å². The van der Waals surface area contributed by atoms with Crippen molar-refractivity contribution in [3.8, 4) is 5.75 Å². The number of esters is 2. The fraction of sp³-hybridized carbons (Fsp3) is 0.386. The van der Waals surface area contributed by atoms with Gasteiger partial charge in [0.05, 0.1) is 25.4 Å². The molecule has 81 heavy (non-hydrogen) atoms. The zero-order chi connectivity index (χ0) is 55.6. The molecule has 13 rings (SSSR count). The number of aryl methyl sites for hydroxylation is 2. The van der Waals surface area contributed by atoms with Gasteiger partial charge in [-0.1, -0.05) is 134 Å². The molecule has 3 N–H and O–H groups in total. The number of allylic oxidation sites excluding steroid dienone is 4. The topological polar surface area (TPSA) is 162 Å². The molecule has 1 aromatic heterocycles. The Morgan fingerprint density at radius 1 is 0.815 bits per heavy atom. The molecule has 11 atom stereocenters. The number of ether oxygens (including phenoxy) is 4. The normalized spacial score (nSPS) is 29.0. The largest absolute Gasteiger partial charge is 0.482 e. The average Bonchev–Trinajstić information content (AvgIpc) is 3.87. The summed E-state index contributed by atoms with van der Waals surface area (Å²) in [7, 11) is 1.52. The third-order valence-corrected chi connectivity index (χ3v) is 19.8. The molecule has 7 aliphatic rings. The van der Waals surface area contributed by atoms with Gasteiger partial charge in [-0.2, -0.15) is 0 Å². The first-order valence-electron chi connectivity index (χ1n) is 29.1. The van der Waals surface area contributed by atoms with Crippen LogP contribution in [0.15, 0.2) is 160 Å². The van der Waals surface area contributed by atoms with Crippen molar-refractivity contribution in [1.82, 2.24) is 0 Å². The van der Waals surface area contributed by atoms with E-state index in [1.165, 1.54) is 40.5 Å². The molecule has 11 nitrogen and oxygen atoms in total. The molecule has 4 heterocycles. The minimum absolute atomic E-state index is 0.00412. The molecule has 1 spiro atoms. The molecule has 0 radical (unpaired) electrons. The summed E-state index contributed by atoms with van der Waals surface area (Å²) in [5.74, 6) is -2.02. The van der Waals surface area contributed by atoms with Gasteiger partial charge in [-0.3, -0.25) is 4.79 Å². The fourth-order valence-electron chi connectivity index (χ4n) is 16.0. The van der Waals surface area contributed by atoms with E-state index in [0.717, 1.165) is 30.4 Å². The Kier molecular flexibility index (Phi) is 14.2. The summed E-state index contributed by atoms with van der Waals surface area (Å²) in [5.41, 5.74) is 8.39. The van der Waals surface area contributed by atoms with Gasteiger partial charge in [0.1, 0.15) is 11.3 Å². The number of carbonyl (C=O) groups is 2. The van der Waals surface area contributed by atoms with Crippen molar-refractivity contribution < 1.29 is 48.3 Å². The Balaban J connectivity index is 1.04. The van der Waals surface area contributed by atoms with Crippen LogP contribution in [-0.2, 0) is 49.7 Å². The smallest absolute Gasteiger partial charge is 0.340 e. The molecule has 5 aromatic carbocycles. The molecule has 3 aliphatic heterocycles. The number of rotatable bonds is 10. The number of hydrogen-bond donors (Lipinski definition) is 3. The number of aliphatic hydroxyl groups is 3. The van der Waals surface area contributed by atoms with Gasteiger partial charge in [-0.25, -0.2) is 9.59 Å². The highest BCUT2D eigenvalue weighted by atomic mass is 16.6. The van der Waals surface area contributed by atoms with E-state index in [1.807, 2.05) is 12.1 Å². The van der Waals surface area contributed by atoms with Crippen molar-refractivity contribution >= 4 is 29.0 Å². The summed E-state index contributed by atoms with van der Waals surface area (Å²) in [4.78, 5) is 46.1. The number of fused-ring (bicyclic) bond motifs is 11. The summed E-state index contributed by atoms with van der Waals surface area (Å²) in [6.07, 6.45) is 16.1. The summed E-state index contributed by atoms with van der Waals surface area (Å²) < 4.78 is 34.1. The van der Waals surface area contributed by atoms with Crippen LogP contribution in [0, 0.1) is 23.2 Å². The molecular weight excluding hydrogens is 1020 g/mol. The molecule has 0 amide bonds. The standard InChI is InChI=1S/C70H70O11/c1-41(38-72)52-21-18-44-16-17-49-34-48(44)26-30-69-28-9-29-70(60(69)37-56-54-15-7-6-13-45(54)20-24-58(56)69)66(80-67(52)75)65(63-59(81-70)25-23-55-57(39-73)62(68(76)79-64(55)63)50(27-31-71)40-77-2)78-61(74)36-51-35-47(19-22-53(49)51)46-14-8-12-43(33-46)32-42-10-4-3-5-11-42/h3-17,19-20,22-25,28,33-34,47,50-51,53,56,58,60,65-66,71-73H,18,21,26-27,29-32,35-40H2,1-2H3/b52-41-/t47-,50+,51+,53-,56+,58-,60-,65+,66-,69-,70-/m0/s1. The Hall–Kier alpha value is -7.15. The monoisotopic (exact) mass is 1090 g/mol. The van der Waals surface area contributed by atoms with E-state index < -0.39 is 53.3 Å². The molecule has 11 heteroatoms. The minimum Gasteiger partial charge on any atom is -0.482 e. The van der Waals surface area contributed by atoms with Crippen molar-refractivity contribution in [2.45, 2.75) is 119 Å². The average molecular weight is 1090 g/mol. The van der Waals surface area contributed by atoms with Crippen LogP contribution in [0.3, 0.4) is 0 Å². The van der Waals surface area contributed by atoms with Crippen molar-refractivity contribution in [3.63, 3.8) is 0 Å². The highest BCUT2D eigenvalue weighted by molar-refractivity contribution is 5.91. The summed E-state index contributed by atoms with van der Waals surface area (Å²) in [5, 5.41) is 32.7. The number of methoxy groups -OCH3 is 1. The van der Waals surface area contributed by atoms with Crippen LogP contribution in [0.1, 0.15) is 143 Å². The Morgan fingerprint density at radius 2 is 1.65 bits per heavy atom. The molecule has 0 unspecified atom stereocenters. The molecule has 6 bridgehead atoms. The van der Waals surface area contributed by atoms with Crippen LogP contribution < -0.4 is 10.4 Å². The van der Waals surface area contributed by atoms with Crippen LogP contribution in [0.25, 0.3) is 17.0 Å². The van der Waals surface area contributed by atoms with E-state index in [9.17, 15) is 20.1 Å². The summed E-state index contributed by atoms with van der Waals surface area (Å²) in [6, 6.07) is 38.2. The first-order valence-corrected chi connectivity index (χ1v) is 29.1. The third-order valence-electron chi connectivity index (χ3n) is 19.8. The highest BCUT2D eigenvalue weighted by Gasteiger charge is 2.69. The van der Waals surface area contributed by atoms with Gasteiger partial charge >= 0.3 is 17.6 Å². The fourth-order valence-corrected chi connectivity index (χ4v) is 16.0. The zero-order valence-corrected chi connectivity index (χ0v) is 46.1. The van der Waals surface area contributed by atoms with Crippen molar-refractivity contribution in [2.24, 2.45) is 23.2 Å². The van der Waals surface area contributed by atoms with Crippen LogP contribution in [0.4, 0.5) is 0 Å². The van der Waals surface area contributed by atoms with Gasteiger partial charge in [-0.15, -0.1) is 0 Å². The predicted octanol–water partition coefficient (Wildman–Crippen LogP) is 11.7. The summed E-state index contributed by atoms with van der Waals surface area (Å²) in [6.45, 7) is 0.681. The molecular formula is C70H70O11. The molecule has 1 saturated carbocycles. The van der Waals surface area contributed by atoms with E-state index in [0.29, 0.717) is 53.5 Å². The van der Waals surface area contributed by atoms with Crippen molar-refractivity contribution in [1.29, 1.82) is 0 Å². The lowest BCUT2D eigenvalue weighted by molar-refractivity contribution is -0.210. The number of carbonyl (C=O) groups excluding carboxylic acids is 2.